The van der Waals surface area contributed by atoms with E-state index in [-0.39, 0.29) is 0 Å². The summed E-state index contributed by atoms with van der Waals surface area (Å²) in [6.45, 7) is 12.5. The summed E-state index contributed by atoms with van der Waals surface area (Å²) in [6, 6.07) is 10.3. The molecule has 0 aliphatic carbocycles. The van der Waals surface area contributed by atoms with E-state index in [9.17, 15) is 4.80 Å². The highest BCUT2D eigenvalue weighted by atomic mass is 28.4. The molecule has 0 aliphatic heterocycles. The van der Waals surface area contributed by atoms with E-state index in [0.717, 1.165) is 35.6 Å². The first-order chi connectivity index (χ1) is 9.91. The van der Waals surface area contributed by atoms with Gasteiger partial charge < -0.3 is 4.80 Å². The molecule has 1 aromatic carbocycles. The Kier molecular flexibility index (Phi) is 6.86. The maximum absolute atomic E-state index is 10.7. The molecule has 0 amide bonds. The molecule has 1 nitrogen and oxygen atoms in total. The molecule has 0 saturated carbocycles. The Bertz CT molecular complexity index is 518. The van der Waals surface area contributed by atoms with Gasteiger partial charge in [0.2, 0.25) is 8.32 Å². The third-order valence-electron chi connectivity index (χ3n) is 3.58. The van der Waals surface area contributed by atoms with Crippen LogP contribution < -0.4 is 0 Å². The van der Waals surface area contributed by atoms with Crippen LogP contribution in [0, 0.1) is 0 Å². The second-order valence-corrected chi connectivity index (χ2v) is 9.56. The summed E-state index contributed by atoms with van der Waals surface area (Å²) in [4.78, 5) is 10.7. The zero-order valence-corrected chi connectivity index (χ0v) is 14.8. The molecular weight excluding hydrogens is 272 g/mol. The number of hydrogen-bond acceptors (Lipinski definition) is 1. The lowest BCUT2D eigenvalue weighted by atomic mass is 9.95. The Hall–Kier alpha value is -1.38. The normalized spacial score (nSPS) is 13.4. The van der Waals surface area contributed by atoms with Crippen LogP contribution >= 0.6 is 0 Å². The van der Waals surface area contributed by atoms with Crippen LogP contribution in [0.2, 0.25) is 13.1 Å². The molecular formula is C19H28OSi. The molecule has 0 radical (unpaired) electrons. The highest BCUT2D eigenvalue weighted by Crippen LogP contribution is 2.32. The molecule has 0 heterocycles. The van der Waals surface area contributed by atoms with E-state index >= 15 is 0 Å². The maximum atomic E-state index is 10.7. The monoisotopic (exact) mass is 300 g/mol. The second kappa shape index (κ2) is 8.16. The Labute approximate surface area is 130 Å². The summed E-state index contributed by atoms with van der Waals surface area (Å²) in [5.41, 5.74) is 3.41. The lowest BCUT2D eigenvalue weighted by molar-refractivity contribution is 0.563. The molecule has 21 heavy (non-hydrogen) atoms. The highest BCUT2D eigenvalue weighted by molar-refractivity contribution is 6.78. The first kappa shape index (κ1) is 17.7. The Morgan fingerprint density at radius 2 is 1.86 bits per heavy atom. The van der Waals surface area contributed by atoms with Gasteiger partial charge in [-0.05, 0) is 54.8 Å². The summed E-state index contributed by atoms with van der Waals surface area (Å²) < 4.78 is 0. The molecule has 0 aliphatic rings. The predicted octanol–water partition coefficient (Wildman–Crippen LogP) is 5.50. The Morgan fingerprint density at radius 1 is 1.24 bits per heavy atom. The first-order valence-electron chi connectivity index (χ1n) is 7.75. The van der Waals surface area contributed by atoms with Crippen LogP contribution in [0.15, 0.2) is 59.8 Å². The summed E-state index contributed by atoms with van der Waals surface area (Å²) >= 11 is 0. The van der Waals surface area contributed by atoms with Crippen molar-refractivity contribution < 1.29 is 4.80 Å². The van der Waals surface area contributed by atoms with E-state index in [4.69, 9.17) is 0 Å². The predicted molar refractivity (Wildman–Crippen MR) is 96.5 cm³/mol. The lowest BCUT2D eigenvalue weighted by Gasteiger charge is -2.23. The van der Waals surface area contributed by atoms with Crippen molar-refractivity contribution in [3.63, 3.8) is 0 Å². The zero-order chi connectivity index (χ0) is 15.9. The van der Waals surface area contributed by atoms with E-state index in [1.54, 1.807) is 0 Å². The van der Waals surface area contributed by atoms with Crippen LogP contribution in [-0.2, 0) is 0 Å². The maximum Gasteiger partial charge on any atom is 0.214 e. The average molecular weight is 301 g/mol. The van der Waals surface area contributed by atoms with Gasteiger partial charge in [0.15, 0.2) is 0 Å². The van der Waals surface area contributed by atoms with E-state index in [0.29, 0.717) is 0 Å². The zero-order valence-electron chi connectivity index (χ0n) is 13.8. The van der Waals surface area contributed by atoms with Gasteiger partial charge >= 0.3 is 0 Å². The highest BCUT2D eigenvalue weighted by Gasteiger charge is 2.25. The van der Waals surface area contributed by atoms with Crippen molar-refractivity contribution in [2.24, 2.45) is 0 Å². The van der Waals surface area contributed by atoms with Crippen molar-refractivity contribution in [2.75, 3.05) is 0 Å². The lowest BCUT2D eigenvalue weighted by Crippen LogP contribution is -2.29. The van der Waals surface area contributed by atoms with Crippen LogP contribution in [0.4, 0.5) is 0 Å². The SMILES string of the molecule is C=C(/C(CCCC)=C(/C=C\C)[Si](C)(C)O)c1ccccc1. The van der Waals surface area contributed by atoms with Gasteiger partial charge in [0, 0.05) is 0 Å². The third-order valence-corrected chi connectivity index (χ3v) is 5.37. The van der Waals surface area contributed by atoms with Crippen molar-refractivity contribution in [3.8, 4) is 0 Å². The van der Waals surface area contributed by atoms with Gasteiger partial charge in [0.25, 0.3) is 0 Å². The Morgan fingerprint density at radius 3 is 2.33 bits per heavy atom. The molecule has 2 heteroatoms. The number of benzene rings is 1. The molecule has 1 N–H and O–H groups in total. The quantitative estimate of drug-likeness (QED) is 0.521. The van der Waals surface area contributed by atoms with Crippen molar-refractivity contribution in [1.29, 1.82) is 0 Å². The molecule has 0 saturated heterocycles. The fourth-order valence-electron chi connectivity index (χ4n) is 2.46. The molecule has 0 bridgehead atoms. The minimum absolute atomic E-state index is 0.973. The van der Waals surface area contributed by atoms with Crippen molar-refractivity contribution in [2.45, 2.75) is 46.2 Å². The fourth-order valence-corrected chi connectivity index (χ4v) is 4.04. The molecule has 0 atom stereocenters. The average Bonchev–Trinajstić information content (AvgIpc) is 2.46. The molecule has 0 unspecified atom stereocenters. The van der Waals surface area contributed by atoms with Gasteiger partial charge in [0.05, 0.1) is 0 Å². The number of allylic oxidation sites excluding steroid dienone is 5. The van der Waals surface area contributed by atoms with Gasteiger partial charge in [0.1, 0.15) is 0 Å². The summed E-state index contributed by atoms with van der Waals surface area (Å²) in [5.74, 6) is 0. The van der Waals surface area contributed by atoms with Crippen LogP contribution in [0.1, 0.15) is 38.7 Å². The third kappa shape index (κ3) is 5.14. The summed E-state index contributed by atoms with van der Waals surface area (Å²) in [6.07, 6.45) is 7.32. The smallest absolute Gasteiger partial charge is 0.214 e. The van der Waals surface area contributed by atoms with Crippen molar-refractivity contribution in [1.82, 2.24) is 0 Å². The van der Waals surface area contributed by atoms with E-state index in [1.165, 1.54) is 5.57 Å². The van der Waals surface area contributed by atoms with Gasteiger partial charge in [-0.1, -0.05) is 62.4 Å². The van der Waals surface area contributed by atoms with Gasteiger partial charge in [-0.15, -0.1) is 0 Å². The molecule has 0 aromatic heterocycles. The Balaban J connectivity index is 3.35. The van der Waals surface area contributed by atoms with E-state index in [2.05, 4.69) is 31.7 Å². The van der Waals surface area contributed by atoms with Crippen LogP contribution in [-0.4, -0.2) is 13.1 Å². The summed E-state index contributed by atoms with van der Waals surface area (Å²) in [5, 5.41) is 1.10. The molecule has 1 aromatic rings. The van der Waals surface area contributed by atoms with E-state index < -0.39 is 8.32 Å². The second-order valence-electron chi connectivity index (χ2n) is 5.90. The van der Waals surface area contributed by atoms with Crippen LogP contribution in [0.3, 0.4) is 0 Å². The van der Waals surface area contributed by atoms with Gasteiger partial charge in [-0.2, -0.15) is 0 Å². The summed E-state index contributed by atoms with van der Waals surface area (Å²) in [7, 11) is -2.38. The standard InChI is InChI=1S/C19H28OSi/c1-6-8-15-18(19(12-7-2)21(4,5)20)16(3)17-13-10-9-11-14-17/h7,9-14,20H,3,6,8,15H2,1-2,4-5H3/b12-7-,19-18-. The van der Waals surface area contributed by atoms with Gasteiger partial charge in [-0.3, -0.25) is 0 Å². The number of unbranched alkanes of at least 4 members (excludes halogenated alkanes) is 1. The minimum atomic E-state index is -2.38. The van der Waals surface area contributed by atoms with Crippen LogP contribution in [0.25, 0.3) is 5.57 Å². The van der Waals surface area contributed by atoms with E-state index in [1.807, 2.05) is 44.3 Å². The van der Waals surface area contributed by atoms with Crippen LogP contribution in [0.5, 0.6) is 0 Å². The topological polar surface area (TPSA) is 20.2 Å². The number of rotatable bonds is 7. The molecule has 1 rings (SSSR count). The first-order valence-corrected chi connectivity index (χ1v) is 10.7. The molecule has 0 fully saturated rings. The minimum Gasteiger partial charge on any atom is -0.428 e. The van der Waals surface area contributed by atoms with Crippen molar-refractivity contribution in [3.05, 3.63) is 65.4 Å². The fraction of sp³-hybridized carbons (Fsp3) is 0.368. The molecule has 114 valence electrons. The van der Waals surface area contributed by atoms with Crippen molar-refractivity contribution >= 4 is 13.9 Å². The number of hydrogen-bond donors (Lipinski definition) is 1. The molecule has 0 spiro atoms. The van der Waals surface area contributed by atoms with Gasteiger partial charge in [-0.25, -0.2) is 0 Å². The largest absolute Gasteiger partial charge is 0.428 e.